The Bertz CT molecular complexity index is 772. The molecule has 28 heavy (non-hydrogen) atoms. The molecular formula is C18H22F3IN4O2. The molecule has 2 rings (SSSR count). The number of aliphatic imine (C=N–C) groups is 1. The molecule has 0 aliphatic carbocycles. The van der Waals surface area contributed by atoms with Crippen LogP contribution in [0, 0.1) is 0 Å². The van der Waals surface area contributed by atoms with Crippen molar-refractivity contribution in [2.75, 3.05) is 13.7 Å². The van der Waals surface area contributed by atoms with Crippen LogP contribution in [-0.2, 0) is 13.1 Å². The molecule has 0 bridgehead atoms. The third kappa shape index (κ3) is 7.79. The standard InChI is InChI=1S/C18H21F3N4O2.HI/c1-3-22-17(25-12-14-8-6-10-23-16(14)26-2)24-11-13-7-4-5-9-15(13)27-18(19,20)21;/h4-10H,3,11-12H2,1-2H3,(H2,22,24,25);1H. The lowest BCUT2D eigenvalue weighted by molar-refractivity contribution is -0.274. The van der Waals surface area contributed by atoms with Gasteiger partial charge in [-0.25, -0.2) is 9.98 Å². The first-order valence-corrected chi connectivity index (χ1v) is 8.26. The molecule has 0 spiro atoms. The van der Waals surface area contributed by atoms with E-state index in [-0.39, 0.29) is 36.3 Å². The molecule has 0 saturated heterocycles. The monoisotopic (exact) mass is 510 g/mol. The van der Waals surface area contributed by atoms with E-state index < -0.39 is 6.36 Å². The van der Waals surface area contributed by atoms with Crippen LogP contribution in [0.2, 0.25) is 0 Å². The second-order valence-corrected chi connectivity index (χ2v) is 5.38. The highest BCUT2D eigenvalue weighted by atomic mass is 127. The number of nitrogens with zero attached hydrogens (tertiary/aromatic N) is 2. The van der Waals surface area contributed by atoms with E-state index in [0.29, 0.717) is 30.5 Å². The molecular weight excluding hydrogens is 488 g/mol. The van der Waals surface area contributed by atoms with Gasteiger partial charge in [0.25, 0.3) is 0 Å². The minimum atomic E-state index is -4.74. The number of aromatic nitrogens is 1. The van der Waals surface area contributed by atoms with Gasteiger partial charge in [-0.15, -0.1) is 37.1 Å². The Labute approximate surface area is 178 Å². The Morgan fingerprint density at radius 1 is 1.11 bits per heavy atom. The summed E-state index contributed by atoms with van der Waals surface area (Å²) in [7, 11) is 1.52. The number of hydrogen-bond donors (Lipinski definition) is 2. The summed E-state index contributed by atoms with van der Waals surface area (Å²) in [6.45, 7) is 2.90. The Hall–Kier alpha value is -2.24. The van der Waals surface area contributed by atoms with Crippen molar-refractivity contribution in [2.24, 2.45) is 4.99 Å². The van der Waals surface area contributed by atoms with Crippen LogP contribution in [0.3, 0.4) is 0 Å². The van der Waals surface area contributed by atoms with Crippen LogP contribution in [-0.4, -0.2) is 31.0 Å². The molecule has 2 aromatic rings. The molecule has 0 fully saturated rings. The van der Waals surface area contributed by atoms with Crippen LogP contribution < -0.4 is 20.1 Å². The van der Waals surface area contributed by atoms with Gasteiger partial charge in [0.2, 0.25) is 5.88 Å². The van der Waals surface area contributed by atoms with Crippen molar-refractivity contribution in [1.29, 1.82) is 0 Å². The fourth-order valence-corrected chi connectivity index (χ4v) is 2.29. The van der Waals surface area contributed by atoms with Crippen molar-refractivity contribution >= 4 is 29.9 Å². The van der Waals surface area contributed by atoms with E-state index in [0.717, 1.165) is 5.56 Å². The van der Waals surface area contributed by atoms with Gasteiger partial charge in [-0.05, 0) is 19.1 Å². The summed E-state index contributed by atoms with van der Waals surface area (Å²) in [6, 6.07) is 9.57. The van der Waals surface area contributed by atoms with Gasteiger partial charge in [-0.2, -0.15) is 0 Å². The van der Waals surface area contributed by atoms with Crippen molar-refractivity contribution in [3.05, 3.63) is 53.7 Å². The average Bonchev–Trinajstić information content (AvgIpc) is 2.64. The van der Waals surface area contributed by atoms with E-state index in [1.807, 2.05) is 13.0 Å². The average molecular weight is 510 g/mol. The van der Waals surface area contributed by atoms with Gasteiger partial charge in [0.15, 0.2) is 5.96 Å². The van der Waals surface area contributed by atoms with E-state index in [4.69, 9.17) is 4.74 Å². The number of nitrogens with one attached hydrogen (secondary N) is 2. The van der Waals surface area contributed by atoms with Crippen LogP contribution in [0.1, 0.15) is 18.1 Å². The second kappa shape index (κ2) is 11.6. The Balaban J connectivity index is 0.00000392. The van der Waals surface area contributed by atoms with Gasteiger partial charge in [-0.3, -0.25) is 0 Å². The first kappa shape index (κ1) is 23.8. The smallest absolute Gasteiger partial charge is 0.481 e. The summed E-state index contributed by atoms with van der Waals surface area (Å²) in [4.78, 5) is 8.53. The molecule has 2 N–H and O–H groups in total. The Morgan fingerprint density at radius 3 is 2.50 bits per heavy atom. The fourth-order valence-electron chi connectivity index (χ4n) is 2.29. The largest absolute Gasteiger partial charge is 0.573 e. The van der Waals surface area contributed by atoms with Crippen molar-refractivity contribution in [1.82, 2.24) is 15.6 Å². The summed E-state index contributed by atoms with van der Waals surface area (Å²) in [5, 5.41) is 6.04. The van der Waals surface area contributed by atoms with Crippen molar-refractivity contribution in [2.45, 2.75) is 26.4 Å². The zero-order chi connectivity index (χ0) is 19.7. The summed E-state index contributed by atoms with van der Waals surface area (Å²) < 4.78 is 46.8. The molecule has 0 amide bonds. The summed E-state index contributed by atoms with van der Waals surface area (Å²) in [6.07, 6.45) is -3.13. The van der Waals surface area contributed by atoms with Crippen LogP contribution in [0.5, 0.6) is 11.6 Å². The quantitative estimate of drug-likeness (QED) is 0.337. The molecule has 1 aromatic carbocycles. The van der Waals surface area contributed by atoms with Gasteiger partial charge >= 0.3 is 6.36 Å². The third-order valence-electron chi connectivity index (χ3n) is 3.44. The minimum Gasteiger partial charge on any atom is -0.481 e. The summed E-state index contributed by atoms with van der Waals surface area (Å²) >= 11 is 0. The highest BCUT2D eigenvalue weighted by Gasteiger charge is 2.31. The van der Waals surface area contributed by atoms with E-state index in [1.54, 1.807) is 24.4 Å². The normalized spacial score (nSPS) is 11.4. The highest BCUT2D eigenvalue weighted by molar-refractivity contribution is 14.0. The van der Waals surface area contributed by atoms with Crippen LogP contribution >= 0.6 is 24.0 Å². The van der Waals surface area contributed by atoms with Crippen LogP contribution in [0.25, 0.3) is 0 Å². The van der Waals surface area contributed by atoms with E-state index >= 15 is 0 Å². The van der Waals surface area contributed by atoms with Crippen molar-refractivity contribution in [3.8, 4) is 11.6 Å². The lowest BCUT2D eigenvalue weighted by Gasteiger charge is -2.15. The molecule has 0 unspecified atom stereocenters. The molecule has 0 saturated carbocycles. The zero-order valence-electron chi connectivity index (χ0n) is 15.4. The third-order valence-corrected chi connectivity index (χ3v) is 3.44. The van der Waals surface area contributed by atoms with Gasteiger partial charge in [0.1, 0.15) is 5.75 Å². The lowest BCUT2D eigenvalue weighted by atomic mass is 10.2. The van der Waals surface area contributed by atoms with Gasteiger partial charge in [-0.1, -0.05) is 24.3 Å². The molecule has 0 aliphatic rings. The number of para-hydroxylation sites is 1. The number of hydrogen-bond acceptors (Lipinski definition) is 4. The number of ether oxygens (including phenoxy) is 2. The Morgan fingerprint density at radius 2 is 1.82 bits per heavy atom. The van der Waals surface area contributed by atoms with Gasteiger partial charge in [0, 0.05) is 30.4 Å². The summed E-state index contributed by atoms with van der Waals surface area (Å²) in [5.41, 5.74) is 1.15. The predicted molar refractivity (Wildman–Crippen MR) is 111 cm³/mol. The SMILES string of the molecule is CCNC(=NCc1cccnc1OC)NCc1ccccc1OC(F)(F)F.I. The maximum atomic E-state index is 12.5. The van der Waals surface area contributed by atoms with Gasteiger partial charge < -0.3 is 20.1 Å². The van der Waals surface area contributed by atoms with Gasteiger partial charge in [0.05, 0.1) is 13.7 Å². The molecule has 0 radical (unpaired) electrons. The van der Waals surface area contributed by atoms with Crippen molar-refractivity contribution in [3.63, 3.8) is 0 Å². The molecule has 1 heterocycles. The highest BCUT2D eigenvalue weighted by Crippen LogP contribution is 2.26. The molecule has 154 valence electrons. The molecule has 6 nitrogen and oxygen atoms in total. The maximum Gasteiger partial charge on any atom is 0.573 e. The number of guanidine groups is 1. The molecule has 0 aliphatic heterocycles. The minimum absolute atomic E-state index is 0. The molecule has 10 heteroatoms. The number of rotatable bonds is 7. The van der Waals surface area contributed by atoms with Crippen LogP contribution in [0.4, 0.5) is 13.2 Å². The van der Waals surface area contributed by atoms with E-state index in [2.05, 4.69) is 25.3 Å². The molecule has 0 atom stereocenters. The predicted octanol–water partition coefficient (Wildman–Crippen LogP) is 3.86. The maximum absolute atomic E-state index is 12.5. The number of pyridine rings is 1. The summed E-state index contributed by atoms with van der Waals surface area (Å²) in [5.74, 6) is 0.675. The first-order valence-electron chi connectivity index (χ1n) is 8.26. The fraction of sp³-hybridized carbons (Fsp3) is 0.333. The lowest BCUT2D eigenvalue weighted by Crippen LogP contribution is -2.37. The number of benzene rings is 1. The number of halogens is 4. The van der Waals surface area contributed by atoms with Crippen molar-refractivity contribution < 1.29 is 22.6 Å². The van der Waals surface area contributed by atoms with Crippen LogP contribution in [0.15, 0.2) is 47.6 Å². The number of methoxy groups -OCH3 is 1. The van der Waals surface area contributed by atoms with E-state index in [9.17, 15) is 13.2 Å². The number of alkyl halides is 3. The molecule has 1 aromatic heterocycles. The Kier molecular flexibility index (Phi) is 9.83. The topological polar surface area (TPSA) is 67.8 Å². The zero-order valence-corrected chi connectivity index (χ0v) is 17.7. The van der Waals surface area contributed by atoms with E-state index in [1.165, 1.54) is 19.2 Å². The second-order valence-electron chi connectivity index (χ2n) is 5.38. The first-order chi connectivity index (χ1) is 12.9.